The highest BCUT2D eigenvalue weighted by Crippen LogP contribution is 2.33. The fourth-order valence-corrected chi connectivity index (χ4v) is 3.38. The van der Waals surface area contributed by atoms with Gasteiger partial charge in [0.1, 0.15) is 18.8 Å². The van der Waals surface area contributed by atoms with E-state index in [-0.39, 0.29) is 6.73 Å². The molecular formula is C21H20N4O2. The smallest absolute Gasteiger partial charge is 0.228 e. The zero-order valence-corrected chi connectivity index (χ0v) is 15.5. The van der Waals surface area contributed by atoms with Gasteiger partial charge in [-0.1, -0.05) is 6.07 Å². The maximum Gasteiger partial charge on any atom is 0.228 e. The Labute approximate surface area is 157 Å². The average Bonchev–Trinajstić information content (AvgIpc) is 3.07. The molecule has 3 aromatic heterocycles. The SMILES string of the molecule is Cc1cc(Oc2nccc3c2ccn3CO)ccc1-c1c(C)ncnc1C. The fourth-order valence-electron chi connectivity index (χ4n) is 3.38. The van der Waals surface area contributed by atoms with Gasteiger partial charge in [-0.2, -0.15) is 0 Å². The number of rotatable bonds is 4. The van der Waals surface area contributed by atoms with E-state index < -0.39 is 0 Å². The van der Waals surface area contributed by atoms with Gasteiger partial charge in [0.25, 0.3) is 0 Å². The van der Waals surface area contributed by atoms with Gasteiger partial charge < -0.3 is 14.4 Å². The van der Waals surface area contributed by atoms with Crippen LogP contribution >= 0.6 is 0 Å². The number of hydrogen-bond donors (Lipinski definition) is 1. The van der Waals surface area contributed by atoms with Gasteiger partial charge in [0.2, 0.25) is 5.88 Å². The third-order valence-corrected chi connectivity index (χ3v) is 4.72. The Bertz CT molecular complexity index is 1110. The van der Waals surface area contributed by atoms with E-state index in [0.717, 1.165) is 39.0 Å². The Balaban J connectivity index is 1.71. The van der Waals surface area contributed by atoms with E-state index in [0.29, 0.717) is 11.6 Å². The molecule has 0 saturated carbocycles. The second-order valence-corrected chi connectivity index (χ2v) is 6.47. The van der Waals surface area contributed by atoms with Gasteiger partial charge in [-0.3, -0.25) is 0 Å². The third kappa shape index (κ3) is 3.04. The number of aliphatic hydroxyl groups excluding tert-OH is 1. The number of benzene rings is 1. The monoisotopic (exact) mass is 360 g/mol. The number of ether oxygens (including phenoxy) is 1. The van der Waals surface area contributed by atoms with E-state index in [1.807, 2.05) is 57.3 Å². The van der Waals surface area contributed by atoms with E-state index in [1.54, 1.807) is 17.1 Å². The molecule has 0 radical (unpaired) electrons. The zero-order chi connectivity index (χ0) is 19.0. The average molecular weight is 360 g/mol. The molecule has 136 valence electrons. The predicted molar refractivity (Wildman–Crippen MR) is 104 cm³/mol. The highest BCUT2D eigenvalue weighted by atomic mass is 16.5. The molecule has 0 atom stereocenters. The minimum atomic E-state index is -0.0847. The van der Waals surface area contributed by atoms with Crippen molar-refractivity contribution in [2.45, 2.75) is 27.5 Å². The molecule has 4 aromatic rings. The molecule has 0 unspecified atom stereocenters. The molecule has 0 fully saturated rings. The van der Waals surface area contributed by atoms with Crippen LogP contribution in [0.4, 0.5) is 0 Å². The van der Waals surface area contributed by atoms with Crippen molar-refractivity contribution in [3.63, 3.8) is 0 Å². The summed E-state index contributed by atoms with van der Waals surface area (Å²) in [5.74, 6) is 1.22. The third-order valence-electron chi connectivity index (χ3n) is 4.72. The lowest BCUT2D eigenvalue weighted by Gasteiger charge is -2.13. The maximum absolute atomic E-state index is 9.42. The fraction of sp³-hybridized carbons (Fsp3) is 0.190. The number of fused-ring (bicyclic) bond motifs is 1. The lowest BCUT2D eigenvalue weighted by Crippen LogP contribution is -1.97. The molecule has 6 heteroatoms. The Morgan fingerprint density at radius 1 is 1.00 bits per heavy atom. The molecule has 0 bridgehead atoms. The van der Waals surface area contributed by atoms with Gasteiger partial charge in [0, 0.05) is 29.3 Å². The predicted octanol–water partition coefficient (Wildman–Crippen LogP) is 4.16. The van der Waals surface area contributed by atoms with Crippen LogP contribution in [0.3, 0.4) is 0 Å². The highest BCUT2D eigenvalue weighted by Gasteiger charge is 2.13. The highest BCUT2D eigenvalue weighted by molar-refractivity contribution is 5.85. The second-order valence-electron chi connectivity index (χ2n) is 6.47. The van der Waals surface area contributed by atoms with E-state index in [4.69, 9.17) is 4.74 Å². The summed E-state index contributed by atoms with van der Waals surface area (Å²) < 4.78 is 7.78. The molecule has 6 nitrogen and oxygen atoms in total. The number of aliphatic hydroxyl groups is 1. The van der Waals surface area contributed by atoms with Crippen molar-refractivity contribution in [2.24, 2.45) is 0 Å². The number of aromatic nitrogens is 4. The van der Waals surface area contributed by atoms with E-state index in [9.17, 15) is 5.11 Å². The Hall–Kier alpha value is -3.25. The summed E-state index contributed by atoms with van der Waals surface area (Å²) in [6, 6.07) is 9.70. The van der Waals surface area contributed by atoms with Crippen molar-refractivity contribution in [3.8, 4) is 22.8 Å². The first-order valence-electron chi connectivity index (χ1n) is 8.70. The van der Waals surface area contributed by atoms with Crippen molar-refractivity contribution in [2.75, 3.05) is 0 Å². The molecule has 0 amide bonds. The van der Waals surface area contributed by atoms with Gasteiger partial charge in [0.05, 0.1) is 10.9 Å². The van der Waals surface area contributed by atoms with Gasteiger partial charge in [0.15, 0.2) is 0 Å². The molecule has 1 aromatic carbocycles. The molecule has 0 spiro atoms. The molecular weight excluding hydrogens is 340 g/mol. The van der Waals surface area contributed by atoms with Crippen LogP contribution in [-0.2, 0) is 6.73 Å². The topological polar surface area (TPSA) is 73.1 Å². The number of pyridine rings is 1. The van der Waals surface area contributed by atoms with Gasteiger partial charge >= 0.3 is 0 Å². The molecule has 0 aliphatic rings. The Morgan fingerprint density at radius 3 is 2.48 bits per heavy atom. The quantitative estimate of drug-likeness (QED) is 0.591. The molecule has 4 rings (SSSR count). The standard InChI is InChI=1S/C21H20N4O2/c1-13-10-16(4-5-17(13)20-14(2)23-11-24-15(20)3)27-21-18-7-9-25(12-26)19(18)6-8-22-21/h4-11,26H,12H2,1-3H3. The molecule has 27 heavy (non-hydrogen) atoms. The maximum atomic E-state index is 9.42. The van der Waals surface area contributed by atoms with E-state index in [2.05, 4.69) is 15.0 Å². The first kappa shape index (κ1) is 17.2. The summed E-state index contributed by atoms with van der Waals surface area (Å²) in [7, 11) is 0. The van der Waals surface area contributed by atoms with Crippen LogP contribution in [0.2, 0.25) is 0 Å². The molecule has 0 aliphatic carbocycles. The summed E-state index contributed by atoms with van der Waals surface area (Å²) in [6.07, 6.45) is 5.08. The van der Waals surface area contributed by atoms with Crippen LogP contribution < -0.4 is 4.74 Å². The minimum absolute atomic E-state index is 0.0847. The Kier molecular flexibility index (Phi) is 4.33. The first-order chi connectivity index (χ1) is 13.1. The lowest BCUT2D eigenvalue weighted by molar-refractivity contribution is 0.215. The normalized spacial score (nSPS) is 11.1. The van der Waals surface area contributed by atoms with Crippen molar-refractivity contribution in [1.82, 2.24) is 19.5 Å². The number of hydrogen-bond acceptors (Lipinski definition) is 5. The molecule has 1 N–H and O–H groups in total. The summed E-state index contributed by atoms with van der Waals surface area (Å²) in [6.45, 7) is 5.94. The van der Waals surface area contributed by atoms with Crippen molar-refractivity contribution in [1.29, 1.82) is 0 Å². The summed E-state index contributed by atoms with van der Waals surface area (Å²) in [5.41, 5.74) is 6.02. The summed E-state index contributed by atoms with van der Waals surface area (Å²) >= 11 is 0. The summed E-state index contributed by atoms with van der Waals surface area (Å²) in [5, 5.41) is 10.3. The Morgan fingerprint density at radius 2 is 1.78 bits per heavy atom. The second kappa shape index (κ2) is 6.81. The molecule has 0 saturated heterocycles. The van der Waals surface area contributed by atoms with Gasteiger partial charge in [-0.25, -0.2) is 15.0 Å². The van der Waals surface area contributed by atoms with Crippen molar-refractivity contribution >= 4 is 10.9 Å². The largest absolute Gasteiger partial charge is 0.438 e. The number of aryl methyl sites for hydroxylation is 3. The molecule has 0 aliphatic heterocycles. The zero-order valence-electron chi connectivity index (χ0n) is 15.5. The van der Waals surface area contributed by atoms with Crippen LogP contribution in [0.1, 0.15) is 17.0 Å². The van der Waals surface area contributed by atoms with Crippen LogP contribution in [0.5, 0.6) is 11.6 Å². The van der Waals surface area contributed by atoms with Crippen LogP contribution in [0, 0.1) is 20.8 Å². The van der Waals surface area contributed by atoms with Crippen LogP contribution in [0.15, 0.2) is 49.1 Å². The minimum Gasteiger partial charge on any atom is -0.438 e. The lowest BCUT2D eigenvalue weighted by atomic mass is 9.98. The summed E-state index contributed by atoms with van der Waals surface area (Å²) in [4.78, 5) is 13.0. The van der Waals surface area contributed by atoms with Crippen LogP contribution in [-0.4, -0.2) is 24.6 Å². The van der Waals surface area contributed by atoms with Gasteiger partial charge in [-0.05, 0) is 56.2 Å². The van der Waals surface area contributed by atoms with E-state index in [1.165, 1.54) is 0 Å². The molecule has 3 heterocycles. The first-order valence-corrected chi connectivity index (χ1v) is 8.70. The van der Waals surface area contributed by atoms with Crippen LogP contribution in [0.25, 0.3) is 22.0 Å². The van der Waals surface area contributed by atoms with Crippen molar-refractivity contribution < 1.29 is 9.84 Å². The number of nitrogens with zero attached hydrogens (tertiary/aromatic N) is 4. The van der Waals surface area contributed by atoms with E-state index >= 15 is 0 Å². The van der Waals surface area contributed by atoms with Crippen molar-refractivity contribution in [3.05, 3.63) is 66.0 Å². The van der Waals surface area contributed by atoms with Gasteiger partial charge in [-0.15, -0.1) is 0 Å².